The first-order valence-corrected chi connectivity index (χ1v) is 9.78. The number of anilines is 1. The van der Waals surface area contributed by atoms with E-state index < -0.39 is 16.6 Å². The van der Waals surface area contributed by atoms with Gasteiger partial charge in [-0.3, -0.25) is 13.9 Å². The summed E-state index contributed by atoms with van der Waals surface area (Å²) in [4.78, 5) is 17.4. The standard InChI is InChI=1S/C17H18ClFN4O3S/c1-23(2)14(24)9-20-17-21-16-11(10-5-3-7-12(19)15(10)18)6-4-8-13(16)27(25,26)22-17/h3-8,25-26H,9H2,1-2H3,(H2,20,21,22). The molecule has 27 heavy (non-hydrogen) atoms. The molecule has 0 saturated heterocycles. The average Bonchev–Trinajstić information content (AvgIpc) is 2.61. The van der Waals surface area contributed by atoms with Crippen LogP contribution in [0.1, 0.15) is 0 Å². The van der Waals surface area contributed by atoms with Crippen LogP contribution < -0.4 is 10.0 Å². The van der Waals surface area contributed by atoms with Crippen molar-refractivity contribution in [3.63, 3.8) is 0 Å². The number of rotatable bonds is 3. The first-order chi connectivity index (χ1) is 12.7. The number of nitrogens with one attached hydrogen (secondary N) is 2. The zero-order chi connectivity index (χ0) is 19.8. The van der Waals surface area contributed by atoms with E-state index in [0.29, 0.717) is 16.8 Å². The maximum absolute atomic E-state index is 13.9. The number of carbonyl (C=O) groups excluding carboxylic acids is 1. The van der Waals surface area contributed by atoms with Crippen LogP contribution in [0, 0.1) is 5.82 Å². The Hall–Kier alpha value is -2.33. The van der Waals surface area contributed by atoms with Crippen molar-refractivity contribution in [1.29, 1.82) is 0 Å². The zero-order valence-electron chi connectivity index (χ0n) is 14.5. The zero-order valence-corrected chi connectivity index (χ0v) is 16.1. The summed E-state index contributed by atoms with van der Waals surface area (Å²) in [6.07, 6.45) is 0. The van der Waals surface area contributed by atoms with E-state index in [1.54, 1.807) is 32.3 Å². The highest BCUT2D eigenvalue weighted by molar-refractivity contribution is 8.23. The molecule has 2 aromatic carbocycles. The Kier molecular flexibility index (Phi) is 5.29. The van der Waals surface area contributed by atoms with Crippen molar-refractivity contribution >= 4 is 39.9 Å². The molecule has 0 radical (unpaired) electrons. The largest absolute Gasteiger partial charge is 0.347 e. The Morgan fingerprint density at radius 2 is 1.89 bits per heavy atom. The van der Waals surface area contributed by atoms with E-state index in [0.717, 1.165) is 0 Å². The van der Waals surface area contributed by atoms with Crippen LogP contribution >= 0.6 is 22.4 Å². The summed E-state index contributed by atoms with van der Waals surface area (Å²) in [7, 11) is -0.229. The van der Waals surface area contributed by atoms with E-state index in [2.05, 4.69) is 15.0 Å². The SMILES string of the molecule is CN(C)C(=O)CN=C1Nc2c(-c3cccc(F)c3Cl)cccc2S(O)(O)N1. The number of fused-ring (bicyclic) bond motifs is 1. The summed E-state index contributed by atoms with van der Waals surface area (Å²) < 4.78 is 37.3. The molecule has 1 aliphatic heterocycles. The summed E-state index contributed by atoms with van der Waals surface area (Å²) in [5, 5.41) is 2.87. The van der Waals surface area contributed by atoms with Crippen LogP contribution in [-0.2, 0) is 4.79 Å². The summed E-state index contributed by atoms with van der Waals surface area (Å²) in [5.74, 6) is -0.815. The van der Waals surface area contributed by atoms with Gasteiger partial charge < -0.3 is 10.2 Å². The van der Waals surface area contributed by atoms with E-state index in [4.69, 9.17) is 11.6 Å². The first kappa shape index (κ1) is 19.4. The number of hydrogen-bond acceptors (Lipinski definition) is 4. The number of para-hydroxylation sites is 1. The third-order valence-electron chi connectivity index (χ3n) is 3.93. The lowest BCUT2D eigenvalue weighted by Gasteiger charge is -2.40. The molecule has 0 fully saturated rings. The van der Waals surface area contributed by atoms with Gasteiger partial charge in [0.2, 0.25) is 11.9 Å². The molecule has 3 rings (SSSR count). The highest BCUT2D eigenvalue weighted by Gasteiger charge is 2.30. The molecule has 0 aliphatic carbocycles. The van der Waals surface area contributed by atoms with Gasteiger partial charge in [-0.1, -0.05) is 46.6 Å². The van der Waals surface area contributed by atoms with Gasteiger partial charge in [0.25, 0.3) is 0 Å². The lowest BCUT2D eigenvalue weighted by molar-refractivity contribution is -0.127. The molecule has 4 N–H and O–H groups in total. The second-order valence-electron chi connectivity index (χ2n) is 6.01. The van der Waals surface area contributed by atoms with Crippen LogP contribution in [0.4, 0.5) is 10.1 Å². The second-order valence-corrected chi connectivity index (χ2v) is 8.13. The van der Waals surface area contributed by atoms with Crippen LogP contribution in [0.5, 0.6) is 0 Å². The molecule has 1 aliphatic rings. The summed E-state index contributed by atoms with van der Waals surface area (Å²) in [5.41, 5.74) is 1.20. The molecule has 0 saturated carbocycles. The van der Waals surface area contributed by atoms with E-state index in [1.165, 1.54) is 23.1 Å². The van der Waals surface area contributed by atoms with Crippen molar-refractivity contribution in [2.24, 2.45) is 4.99 Å². The van der Waals surface area contributed by atoms with E-state index in [-0.39, 0.29) is 28.3 Å². The van der Waals surface area contributed by atoms with Crippen LogP contribution in [-0.4, -0.2) is 46.5 Å². The van der Waals surface area contributed by atoms with E-state index in [9.17, 15) is 18.3 Å². The molecule has 2 aromatic rings. The Bertz CT molecular complexity index is 936. The minimum atomic E-state index is -3.42. The number of aliphatic imine (C=N–C) groups is 1. The summed E-state index contributed by atoms with van der Waals surface area (Å²) in [6, 6.07) is 9.20. The lowest BCUT2D eigenvalue weighted by Crippen LogP contribution is -2.39. The molecular weight excluding hydrogens is 395 g/mol. The number of likely N-dealkylation sites (N-methyl/N-ethyl adjacent to an activating group) is 1. The number of amides is 1. The summed E-state index contributed by atoms with van der Waals surface area (Å²) >= 11 is 6.10. The minimum Gasteiger partial charge on any atom is -0.347 e. The molecule has 0 unspecified atom stereocenters. The van der Waals surface area contributed by atoms with Gasteiger partial charge in [0.15, 0.2) is 0 Å². The van der Waals surface area contributed by atoms with Gasteiger partial charge in [0, 0.05) is 25.2 Å². The fraction of sp³-hybridized carbons (Fsp3) is 0.176. The number of hydrogen-bond donors (Lipinski definition) is 4. The fourth-order valence-corrected chi connectivity index (χ4v) is 3.96. The molecule has 0 aromatic heterocycles. The normalized spacial score (nSPS) is 17.5. The van der Waals surface area contributed by atoms with Crippen molar-refractivity contribution in [2.75, 3.05) is 26.0 Å². The number of nitrogens with zero attached hydrogens (tertiary/aromatic N) is 2. The quantitative estimate of drug-likeness (QED) is 0.617. The molecule has 0 atom stereocenters. The maximum atomic E-state index is 13.9. The Labute approximate surface area is 162 Å². The molecule has 144 valence electrons. The lowest BCUT2D eigenvalue weighted by atomic mass is 10.0. The molecule has 1 amide bonds. The predicted molar refractivity (Wildman–Crippen MR) is 106 cm³/mol. The maximum Gasteiger partial charge on any atom is 0.243 e. The molecule has 7 nitrogen and oxygen atoms in total. The Balaban J connectivity index is 2.07. The third kappa shape index (κ3) is 3.86. The predicted octanol–water partition coefficient (Wildman–Crippen LogP) is 3.63. The van der Waals surface area contributed by atoms with Gasteiger partial charge in [-0.2, -0.15) is 0 Å². The van der Waals surface area contributed by atoms with Crippen molar-refractivity contribution in [2.45, 2.75) is 4.90 Å². The fourth-order valence-electron chi connectivity index (χ4n) is 2.53. The average molecular weight is 413 g/mol. The number of guanidine groups is 1. The van der Waals surface area contributed by atoms with E-state index in [1.807, 2.05) is 0 Å². The topological polar surface area (TPSA) is 97.2 Å². The van der Waals surface area contributed by atoms with Crippen molar-refractivity contribution in [3.05, 3.63) is 47.2 Å². The van der Waals surface area contributed by atoms with Crippen molar-refractivity contribution in [1.82, 2.24) is 9.62 Å². The van der Waals surface area contributed by atoms with Crippen LogP contribution in [0.2, 0.25) is 5.02 Å². The Morgan fingerprint density at radius 1 is 1.22 bits per heavy atom. The Morgan fingerprint density at radius 3 is 2.59 bits per heavy atom. The van der Waals surface area contributed by atoms with Gasteiger partial charge >= 0.3 is 0 Å². The highest BCUT2D eigenvalue weighted by atomic mass is 35.5. The molecule has 1 heterocycles. The number of benzene rings is 2. The van der Waals surface area contributed by atoms with Gasteiger partial charge in [-0.15, -0.1) is 0 Å². The smallest absolute Gasteiger partial charge is 0.243 e. The van der Waals surface area contributed by atoms with Crippen LogP contribution in [0.25, 0.3) is 11.1 Å². The number of carbonyl (C=O) groups is 1. The molecule has 0 spiro atoms. The van der Waals surface area contributed by atoms with Crippen LogP contribution in [0.3, 0.4) is 0 Å². The molecule has 10 heteroatoms. The molecular formula is C17H18ClFN4O3S. The minimum absolute atomic E-state index is 0.0256. The number of halogens is 2. The first-order valence-electron chi connectivity index (χ1n) is 7.85. The monoisotopic (exact) mass is 412 g/mol. The van der Waals surface area contributed by atoms with Gasteiger partial charge in [-0.25, -0.2) is 14.1 Å². The molecule has 0 bridgehead atoms. The van der Waals surface area contributed by atoms with Gasteiger partial charge in [0.05, 0.1) is 10.7 Å². The van der Waals surface area contributed by atoms with Gasteiger partial charge in [-0.05, 0) is 12.1 Å². The third-order valence-corrected chi connectivity index (χ3v) is 5.74. The van der Waals surface area contributed by atoms with Crippen molar-refractivity contribution < 1.29 is 18.3 Å². The van der Waals surface area contributed by atoms with Gasteiger partial charge in [0.1, 0.15) is 17.3 Å². The summed E-state index contributed by atoms with van der Waals surface area (Å²) in [6.45, 7) is -0.184. The van der Waals surface area contributed by atoms with E-state index >= 15 is 0 Å². The van der Waals surface area contributed by atoms with Crippen molar-refractivity contribution in [3.8, 4) is 11.1 Å². The highest BCUT2D eigenvalue weighted by Crippen LogP contribution is 2.53. The second kappa shape index (κ2) is 7.35. The van der Waals surface area contributed by atoms with Crippen LogP contribution in [0.15, 0.2) is 46.3 Å².